The van der Waals surface area contributed by atoms with Gasteiger partial charge in [-0.15, -0.1) is 0 Å². The van der Waals surface area contributed by atoms with E-state index < -0.39 is 5.60 Å². The first-order valence-electron chi connectivity index (χ1n) is 6.96. The van der Waals surface area contributed by atoms with E-state index in [2.05, 4.69) is 0 Å². The van der Waals surface area contributed by atoms with Gasteiger partial charge in [-0.05, 0) is 49.6 Å². The zero-order chi connectivity index (χ0) is 15.6. The van der Waals surface area contributed by atoms with Gasteiger partial charge in [0.05, 0.1) is 12.7 Å². The van der Waals surface area contributed by atoms with Crippen LogP contribution in [0, 0.1) is 19.7 Å². The summed E-state index contributed by atoms with van der Waals surface area (Å²) < 4.78 is 18.5. The Morgan fingerprint density at radius 2 is 1.71 bits per heavy atom. The summed E-state index contributed by atoms with van der Waals surface area (Å²) in [5, 5.41) is 10.9. The van der Waals surface area contributed by atoms with Crippen LogP contribution in [0.25, 0.3) is 0 Å². The summed E-state index contributed by atoms with van der Waals surface area (Å²) in [6.07, 6.45) is 0.395. The Morgan fingerprint density at radius 3 is 2.29 bits per heavy atom. The highest BCUT2D eigenvalue weighted by atomic mass is 19.1. The lowest BCUT2D eigenvalue weighted by Crippen LogP contribution is -2.25. The van der Waals surface area contributed by atoms with E-state index >= 15 is 0 Å². The second kappa shape index (κ2) is 5.86. The number of halogens is 1. The second-order valence-corrected chi connectivity index (χ2v) is 5.67. The van der Waals surface area contributed by atoms with Gasteiger partial charge in [0.15, 0.2) is 0 Å². The molecular weight excluding hydrogens is 267 g/mol. The van der Waals surface area contributed by atoms with E-state index in [1.807, 2.05) is 26.0 Å². The zero-order valence-corrected chi connectivity index (χ0v) is 12.9. The minimum atomic E-state index is -1.08. The number of methoxy groups -OCH3 is 1. The molecule has 1 unspecified atom stereocenters. The molecule has 0 saturated heterocycles. The molecule has 0 amide bonds. The molecule has 0 heterocycles. The number of aryl methyl sites for hydroxylation is 1. The second-order valence-electron chi connectivity index (χ2n) is 5.67. The van der Waals surface area contributed by atoms with E-state index in [4.69, 9.17) is 4.74 Å². The summed E-state index contributed by atoms with van der Waals surface area (Å²) in [6.45, 7) is 5.74. The standard InChI is InChI=1S/C18H21FO2/c1-12-5-10-16(17(21-4)13(12)2)18(3,20)11-14-6-8-15(19)9-7-14/h5-10,20H,11H2,1-4H3. The van der Waals surface area contributed by atoms with E-state index in [1.165, 1.54) is 12.1 Å². The molecule has 2 aromatic carbocycles. The van der Waals surface area contributed by atoms with E-state index in [0.29, 0.717) is 12.2 Å². The summed E-state index contributed by atoms with van der Waals surface area (Å²) in [5.41, 5.74) is 2.68. The summed E-state index contributed by atoms with van der Waals surface area (Å²) in [5.74, 6) is 0.435. The van der Waals surface area contributed by atoms with Crippen LogP contribution in [0.4, 0.5) is 4.39 Å². The van der Waals surface area contributed by atoms with E-state index in [0.717, 1.165) is 22.3 Å². The van der Waals surface area contributed by atoms with E-state index in [-0.39, 0.29) is 5.82 Å². The van der Waals surface area contributed by atoms with Crippen molar-refractivity contribution in [1.82, 2.24) is 0 Å². The molecule has 21 heavy (non-hydrogen) atoms. The molecule has 0 aliphatic carbocycles. The number of rotatable bonds is 4. The van der Waals surface area contributed by atoms with Gasteiger partial charge in [-0.2, -0.15) is 0 Å². The maximum atomic E-state index is 13.0. The Hall–Kier alpha value is -1.87. The minimum absolute atomic E-state index is 0.276. The number of aliphatic hydroxyl groups is 1. The molecule has 2 rings (SSSR count). The Bertz CT molecular complexity index is 630. The first-order valence-corrected chi connectivity index (χ1v) is 6.96. The third-order valence-electron chi connectivity index (χ3n) is 3.92. The van der Waals surface area contributed by atoms with Gasteiger partial charge in [-0.1, -0.05) is 24.3 Å². The molecule has 1 atom stereocenters. The maximum Gasteiger partial charge on any atom is 0.128 e. The highest BCUT2D eigenvalue weighted by Crippen LogP contribution is 2.36. The van der Waals surface area contributed by atoms with Crippen molar-refractivity contribution in [1.29, 1.82) is 0 Å². The van der Waals surface area contributed by atoms with Crippen LogP contribution in [0.15, 0.2) is 36.4 Å². The lowest BCUT2D eigenvalue weighted by molar-refractivity contribution is 0.0548. The molecular formula is C18H21FO2. The Labute approximate surface area is 125 Å². The van der Waals surface area contributed by atoms with Gasteiger partial charge in [-0.3, -0.25) is 0 Å². The van der Waals surface area contributed by atoms with Crippen LogP contribution in [0.3, 0.4) is 0 Å². The predicted octanol–water partition coefficient (Wildman–Crippen LogP) is 3.90. The summed E-state index contributed by atoms with van der Waals surface area (Å²) in [7, 11) is 1.61. The normalized spacial score (nSPS) is 13.8. The van der Waals surface area contributed by atoms with Gasteiger partial charge < -0.3 is 9.84 Å². The summed E-state index contributed by atoms with van der Waals surface area (Å²) in [4.78, 5) is 0. The third-order valence-corrected chi connectivity index (χ3v) is 3.92. The highest BCUT2D eigenvalue weighted by molar-refractivity contribution is 5.48. The fourth-order valence-corrected chi connectivity index (χ4v) is 2.57. The molecule has 0 bridgehead atoms. The van der Waals surface area contributed by atoms with Gasteiger partial charge in [0.25, 0.3) is 0 Å². The zero-order valence-electron chi connectivity index (χ0n) is 12.9. The van der Waals surface area contributed by atoms with Crippen molar-refractivity contribution in [3.8, 4) is 5.75 Å². The maximum absolute atomic E-state index is 13.0. The van der Waals surface area contributed by atoms with Crippen molar-refractivity contribution in [2.24, 2.45) is 0 Å². The number of hydrogen-bond donors (Lipinski definition) is 1. The van der Waals surface area contributed by atoms with Gasteiger partial charge in [0, 0.05) is 12.0 Å². The van der Waals surface area contributed by atoms with Crippen LogP contribution in [0.1, 0.15) is 29.2 Å². The van der Waals surface area contributed by atoms with Crippen molar-refractivity contribution >= 4 is 0 Å². The quantitative estimate of drug-likeness (QED) is 0.924. The fourth-order valence-electron chi connectivity index (χ4n) is 2.57. The molecule has 0 aliphatic rings. The van der Waals surface area contributed by atoms with Crippen molar-refractivity contribution in [3.05, 3.63) is 64.5 Å². The number of benzene rings is 2. The largest absolute Gasteiger partial charge is 0.496 e. The molecule has 0 fully saturated rings. The Morgan fingerprint density at radius 1 is 1.10 bits per heavy atom. The molecule has 3 heteroatoms. The number of ether oxygens (including phenoxy) is 1. The average molecular weight is 288 g/mol. The van der Waals surface area contributed by atoms with Crippen LogP contribution in [0.5, 0.6) is 5.75 Å². The Balaban J connectivity index is 2.39. The van der Waals surface area contributed by atoms with Crippen LogP contribution in [-0.4, -0.2) is 12.2 Å². The van der Waals surface area contributed by atoms with Crippen molar-refractivity contribution in [2.45, 2.75) is 32.8 Å². The van der Waals surface area contributed by atoms with Crippen LogP contribution < -0.4 is 4.74 Å². The lowest BCUT2D eigenvalue weighted by atomic mass is 9.86. The Kier molecular flexibility index (Phi) is 4.33. The van der Waals surface area contributed by atoms with Gasteiger partial charge in [0.1, 0.15) is 11.6 Å². The summed E-state index contributed by atoms with van der Waals surface area (Å²) in [6, 6.07) is 10.1. The van der Waals surface area contributed by atoms with E-state index in [1.54, 1.807) is 26.2 Å². The average Bonchev–Trinajstić information content (AvgIpc) is 2.43. The highest BCUT2D eigenvalue weighted by Gasteiger charge is 2.28. The number of hydrogen-bond acceptors (Lipinski definition) is 2. The first-order chi connectivity index (χ1) is 9.85. The molecule has 2 aromatic rings. The molecule has 2 nitrogen and oxygen atoms in total. The SMILES string of the molecule is COc1c(C(C)(O)Cc2ccc(F)cc2)ccc(C)c1C. The van der Waals surface area contributed by atoms with Crippen molar-refractivity contribution in [2.75, 3.05) is 7.11 Å². The topological polar surface area (TPSA) is 29.5 Å². The fraction of sp³-hybridized carbons (Fsp3) is 0.333. The summed E-state index contributed by atoms with van der Waals surface area (Å²) >= 11 is 0. The smallest absolute Gasteiger partial charge is 0.128 e. The van der Waals surface area contributed by atoms with Crippen molar-refractivity contribution < 1.29 is 14.2 Å². The predicted molar refractivity (Wildman–Crippen MR) is 82.1 cm³/mol. The van der Waals surface area contributed by atoms with E-state index in [9.17, 15) is 9.50 Å². The molecule has 0 aromatic heterocycles. The van der Waals surface area contributed by atoms with Crippen molar-refractivity contribution in [3.63, 3.8) is 0 Å². The minimum Gasteiger partial charge on any atom is -0.496 e. The monoisotopic (exact) mass is 288 g/mol. The lowest BCUT2D eigenvalue weighted by Gasteiger charge is -2.27. The van der Waals surface area contributed by atoms with Gasteiger partial charge >= 0.3 is 0 Å². The van der Waals surface area contributed by atoms with Crippen LogP contribution in [0.2, 0.25) is 0 Å². The van der Waals surface area contributed by atoms with Gasteiger partial charge in [0.2, 0.25) is 0 Å². The molecule has 112 valence electrons. The molecule has 0 spiro atoms. The third kappa shape index (κ3) is 3.24. The molecule has 1 N–H and O–H groups in total. The van der Waals surface area contributed by atoms with Crippen LogP contribution >= 0.6 is 0 Å². The molecule has 0 saturated carbocycles. The first kappa shape index (κ1) is 15.5. The molecule has 0 aliphatic heterocycles. The van der Waals surface area contributed by atoms with Gasteiger partial charge in [-0.25, -0.2) is 4.39 Å². The molecule has 0 radical (unpaired) electrons. The van der Waals surface area contributed by atoms with Crippen LogP contribution in [-0.2, 0) is 12.0 Å².